The van der Waals surface area contributed by atoms with Crippen molar-refractivity contribution in [2.24, 2.45) is 5.10 Å². The van der Waals surface area contributed by atoms with E-state index in [4.69, 9.17) is 14.3 Å². The van der Waals surface area contributed by atoms with E-state index in [0.717, 1.165) is 54.0 Å². The van der Waals surface area contributed by atoms with E-state index >= 15 is 0 Å². The Kier molecular flexibility index (Phi) is 3.87. The lowest BCUT2D eigenvalue weighted by atomic mass is 9.91. The summed E-state index contributed by atoms with van der Waals surface area (Å²) in [5.74, 6) is 1.87. The zero-order chi connectivity index (χ0) is 17.7. The van der Waals surface area contributed by atoms with Gasteiger partial charge in [0.1, 0.15) is 17.2 Å². The van der Waals surface area contributed by atoms with Gasteiger partial charge < -0.3 is 14.1 Å². The van der Waals surface area contributed by atoms with E-state index in [0.29, 0.717) is 0 Å². The van der Waals surface area contributed by atoms with Crippen molar-refractivity contribution in [3.8, 4) is 5.75 Å². The minimum absolute atomic E-state index is 0.208. The molecular formula is C20H23BrN3O2+. The second-order valence-corrected chi connectivity index (χ2v) is 8.34. The number of benzene rings is 1. The zero-order valence-corrected chi connectivity index (χ0v) is 16.5. The third kappa shape index (κ3) is 2.50. The van der Waals surface area contributed by atoms with Crippen LogP contribution in [0.1, 0.15) is 43.6 Å². The Morgan fingerprint density at radius 2 is 2.15 bits per heavy atom. The first-order chi connectivity index (χ1) is 12.7. The van der Waals surface area contributed by atoms with E-state index < -0.39 is 0 Å². The van der Waals surface area contributed by atoms with Crippen molar-refractivity contribution in [3.63, 3.8) is 0 Å². The first-order valence-electron chi connectivity index (χ1n) is 9.41. The molecule has 0 saturated carbocycles. The summed E-state index contributed by atoms with van der Waals surface area (Å²) in [4.78, 5) is 1.65. The van der Waals surface area contributed by atoms with Crippen molar-refractivity contribution in [2.75, 3.05) is 19.6 Å². The van der Waals surface area contributed by atoms with Crippen molar-refractivity contribution in [2.45, 2.75) is 38.0 Å². The van der Waals surface area contributed by atoms with Crippen LogP contribution in [0.4, 0.5) is 0 Å². The van der Waals surface area contributed by atoms with Gasteiger partial charge >= 0.3 is 0 Å². The van der Waals surface area contributed by atoms with Gasteiger partial charge in [-0.2, -0.15) is 5.10 Å². The molecule has 0 unspecified atom stereocenters. The Bertz CT molecular complexity index is 841. The molecule has 1 aromatic heterocycles. The summed E-state index contributed by atoms with van der Waals surface area (Å²) in [6.45, 7) is 5.67. The maximum absolute atomic E-state index is 6.64. The summed E-state index contributed by atoms with van der Waals surface area (Å²) >= 11 is 3.61. The van der Waals surface area contributed by atoms with Crippen LogP contribution >= 0.6 is 15.9 Å². The second-order valence-electron chi connectivity index (χ2n) is 7.42. The van der Waals surface area contributed by atoms with Gasteiger partial charge in [0.05, 0.1) is 44.8 Å². The molecule has 0 amide bonds. The number of nitrogens with one attached hydrogen (secondary N) is 1. The fraction of sp³-hybridized carbons (Fsp3) is 0.450. The lowest BCUT2D eigenvalue weighted by Crippen LogP contribution is -3.13. The van der Waals surface area contributed by atoms with Gasteiger partial charge in [-0.25, -0.2) is 5.01 Å². The molecule has 6 heteroatoms. The van der Waals surface area contributed by atoms with E-state index in [2.05, 4.69) is 46.1 Å². The number of nitrogens with zero attached hydrogens (tertiary/aromatic N) is 2. The maximum atomic E-state index is 6.64. The molecule has 26 heavy (non-hydrogen) atoms. The number of hydrogen-bond acceptors (Lipinski definition) is 4. The fourth-order valence-corrected chi connectivity index (χ4v) is 4.90. The van der Waals surface area contributed by atoms with Crippen LogP contribution < -0.4 is 9.64 Å². The first-order valence-corrected chi connectivity index (χ1v) is 10.2. The SMILES string of the molecule is CC[NH+]1CCC2(CC1)Oc1ccc(Br)cc1[C@H]1CC(c3ccco3)=NN12. The van der Waals surface area contributed by atoms with Crippen LogP contribution in [0, 0.1) is 0 Å². The molecule has 136 valence electrons. The van der Waals surface area contributed by atoms with Crippen LogP contribution in [0.15, 0.2) is 50.6 Å². The van der Waals surface area contributed by atoms with Crippen LogP contribution in [0.3, 0.4) is 0 Å². The van der Waals surface area contributed by atoms with Gasteiger partial charge in [-0.3, -0.25) is 0 Å². The molecule has 1 aromatic carbocycles. The van der Waals surface area contributed by atoms with Crippen molar-refractivity contribution in [1.82, 2.24) is 5.01 Å². The van der Waals surface area contributed by atoms with Crippen molar-refractivity contribution in [3.05, 3.63) is 52.4 Å². The van der Waals surface area contributed by atoms with Crippen LogP contribution in [-0.2, 0) is 0 Å². The second kappa shape index (κ2) is 6.13. The van der Waals surface area contributed by atoms with E-state index in [1.807, 2.05) is 12.1 Å². The van der Waals surface area contributed by atoms with Crippen molar-refractivity contribution in [1.29, 1.82) is 0 Å². The molecule has 1 atom stereocenters. The zero-order valence-electron chi connectivity index (χ0n) is 14.9. The lowest BCUT2D eigenvalue weighted by molar-refractivity contribution is -0.906. The van der Waals surface area contributed by atoms with Gasteiger partial charge in [0, 0.05) is 16.5 Å². The number of halogens is 1. The molecule has 0 radical (unpaired) electrons. The molecule has 1 saturated heterocycles. The largest absolute Gasteiger partial charge is 0.466 e. The Morgan fingerprint density at radius 1 is 1.31 bits per heavy atom. The van der Waals surface area contributed by atoms with Gasteiger partial charge in [-0.05, 0) is 37.3 Å². The average Bonchev–Trinajstić information content (AvgIpc) is 3.33. The number of quaternary nitrogens is 1. The Balaban J connectivity index is 1.57. The lowest BCUT2D eigenvalue weighted by Gasteiger charge is -2.50. The van der Waals surface area contributed by atoms with Crippen LogP contribution in [0.2, 0.25) is 0 Å². The Hall–Kier alpha value is -1.79. The van der Waals surface area contributed by atoms with E-state index in [9.17, 15) is 0 Å². The van der Waals surface area contributed by atoms with Crippen LogP contribution in [0.5, 0.6) is 5.75 Å². The molecule has 5 rings (SSSR count). The minimum atomic E-state index is -0.335. The average molecular weight is 417 g/mol. The maximum Gasteiger partial charge on any atom is 0.208 e. The molecule has 3 aliphatic rings. The molecule has 5 nitrogen and oxygen atoms in total. The molecule has 2 aromatic rings. The fourth-order valence-electron chi connectivity index (χ4n) is 4.52. The summed E-state index contributed by atoms with van der Waals surface area (Å²) in [6.07, 6.45) is 4.57. The summed E-state index contributed by atoms with van der Waals surface area (Å²) in [7, 11) is 0. The Morgan fingerprint density at radius 3 is 2.88 bits per heavy atom. The molecule has 1 fully saturated rings. The highest BCUT2D eigenvalue weighted by Crippen LogP contribution is 2.49. The number of furan rings is 1. The Labute approximate surface area is 161 Å². The summed E-state index contributed by atoms with van der Waals surface area (Å²) in [6, 6.07) is 10.5. The highest BCUT2D eigenvalue weighted by atomic mass is 79.9. The smallest absolute Gasteiger partial charge is 0.208 e. The molecule has 0 aliphatic carbocycles. The number of rotatable bonds is 2. The van der Waals surface area contributed by atoms with Crippen LogP contribution in [0.25, 0.3) is 0 Å². The van der Waals surface area contributed by atoms with Crippen molar-refractivity contribution < 1.29 is 14.1 Å². The summed E-state index contributed by atoms with van der Waals surface area (Å²) in [5.41, 5.74) is 1.89. The topological polar surface area (TPSA) is 42.4 Å². The van der Waals surface area contributed by atoms with Crippen molar-refractivity contribution >= 4 is 21.6 Å². The molecule has 1 spiro atoms. The molecule has 3 aliphatic heterocycles. The number of ether oxygens (including phenoxy) is 1. The molecule has 1 N–H and O–H groups in total. The summed E-state index contributed by atoms with van der Waals surface area (Å²) < 4.78 is 13.4. The predicted molar refractivity (Wildman–Crippen MR) is 102 cm³/mol. The number of piperidine rings is 1. The van der Waals surface area contributed by atoms with Gasteiger partial charge in [0.2, 0.25) is 5.72 Å². The standard InChI is InChI=1S/C20H22BrN3O2/c1-2-23-9-7-20(8-10-23)24-17(13-16(22-24)19-4-3-11-25-19)15-12-14(21)5-6-18(15)26-20/h3-6,11-12,17H,2,7-10,13H2,1H3/p+1/t17-/m1/s1. The third-order valence-electron chi connectivity index (χ3n) is 6.00. The first kappa shape index (κ1) is 16.4. The van der Waals surface area contributed by atoms with Gasteiger partial charge in [-0.15, -0.1) is 0 Å². The normalized spacial score (nSPS) is 29.9. The van der Waals surface area contributed by atoms with Crippen LogP contribution in [-0.4, -0.2) is 36.1 Å². The molecule has 4 heterocycles. The minimum Gasteiger partial charge on any atom is -0.466 e. The summed E-state index contributed by atoms with van der Waals surface area (Å²) in [5, 5.41) is 7.26. The highest BCUT2D eigenvalue weighted by Gasteiger charge is 2.53. The number of hydrogen-bond donors (Lipinski definition) is 1. The molecule has 0 bridgehead atoms. The van der Waals surface area contributed by atoms with E-state index in [-0.39, 0.29) is 11.8 Å². The number of hydrazone groups is 1. The monoisotopic (exact) mass is 416 g/mol. The van der Waals surface area contributed by atoms with E-state index in [1.54, 1.807) is 11.2 Å². The predicted octanol–water partition coefficient (Wildman–Crippen LogP) is 2.98. The molecular weight excluding hydrogens is 394 g/mol. The van der Waals surface area contributed by atoms with Gasteiger partial charge in [0.15, 0.2) is 0 Å². The van der Waals surface area contributed by atoms with E-state index in [1.165, 1.54) is 12.1 Å². The quantitative estimate of drug-likeness (QED) is 0.817. The number of fused-ring (bicyclic) bond motifs is 4. The highest BCUT2D eigenvalue weighted by molar-refractivity contribution is 9.10. The van der Waals surface area contributed by atoms with Gasteiger partial charge in [0.25, 0.3) is 0 Å². The van der Waals surface area contributed by atoms with Gasteiger partial charge in [-0.1, -0.05) is 15.9 Å². The number of likely N-dealkylation sites (tertiary alicyclic amines) is 1. The third-order valence-corrected chi connectivity index (χ3v) is 6.50.